The van der Waals surface area contributed by atoms with Crippen molar-refractivity contribution >= 4 is 11.6 Å². The standard InChI is InChI=1S/C16H23N3O/c1-12(19(5)11-16(2,3)4)15(20)18-14-9-7-6-8-13(14)10-17/h6-9,12H,11H2,1-5H3,(H,18,20). The fourth-order valence-electron chi connectivity index (χ4n) is 2.01. The molecule has 4 nitrogen and oxygen atoms in total. The van der Waals surface area contributed by atoms with E-state index in [1.807, 2.05) is 18.9 Å². The Morgan fingerprint density at radius 1 is 1.40 bits per heavy atom. The molecule has 20 heavy (non-hydrogen) atoms. The monoisotopic (exact) mass is 273 g/mol. The largest absolute Gasteiger partial charge is 0.324 e. The smallest absolute Gasteiger partial charge is 0.241 e. The third-order valence-corrected chi connectivity index (χ3v) is 3.07. The topological polar surface area (TPSA) is 56.1 Å². The lowest BCUT2D eigenvalue weighted by Gasteiger charge is -2.30. The molecule has 0 fully saturated rings. The van der Waals surface area contributed by atoms with Gasteiger partial charge in [-0.1, -0.05) is 32.9 Å². The summed E-state index contributed by atoms with van der Waals surface area (Å²) in [7, 11) is 1.94. The Hall–Kier alpha value is -1.86. The van der Waals surface area contributed by atoms with Gasteiger partial charge in [0.25, 0.3) is 0 Å². The second kappa shape index (κ2) is 6.53. The van der Waals surface area contributed by atoms with Crippen LogP contribution in [0.2, 0.25) is 0 Å². The maximum atomic E-state index is 12.2. The molecule has 0 aromatic heterocycles. The van der Waals surface area contributed by atoms with Gasteiger partial charge in [-0.05, 0) is 31.5 Å². The van der Waals surface area contributed by atoms with E-state index in [2.05, 4.69) is 32.2 Å². The molecule has 0 saturated carbocycles. The summed E-state index contributed by atoms with van der Waals surface area (Å²) in [5, 5.41) is 11.8. The average molecular weight is 273 g/mol. The van der Waals surface area contributed by atoms with Crippen molar-refractivity contribution in [1.29, 1.82) is 5.26 Å². The van der Waals surface area contributed by atoms with Crippen LogP contribution in [0.4, 0.5) is 5.69 Å². The Bertz CT molecular complexity index is 511. The lowest BCUT2D eigenvalue weighted by atomic mass is 9.95. The molecule has 0 aliphatic carbocycles. The van der Waals surface area contributed by atoms with E-state index in [1.54, 1.807) is 24.3 Å². The van der Waals surface area contributed by atoms with Crippen LogP contribution >= 0.6 is 0 Å². The first-order chi connectivity index (χ1) is 9.24. The number of hydrogen-bond donors (Lipinski definition) is 1. The average Bonchev–Trinajstić information content (AvgIpc) is 2.36. The molecular formula is C16H23N3O. The van der Waals surface area contributed by atoms with Crippen molar-refractivity contribution in [3.05, 3.63) is 29.8 Å². The van der Waals surface area contributed by atoms with E-state index in [0.717, 1.165) is 6.54 Å². The molecule has 0 bridgehead atoms. The molecule has 1 aromatic carbocycles. The van der Waals surface area contributed by atoms with Gasteiger partial charge in [-0.2, -0.15) is 5.26 Å². The molecule has 0 saturated heterocycles. The Morgan fingerprint density at radius 3 is 2.55 bits per heavy atom. The highest BCUT2D eigenvalue weighted by Gasteiger charge is 2.23. The summed E-state index contributed by atoms with van der Waals surface area (Å²) in [6.07, 6.45) is 0. The number of hydrogen-bond acceptors (Lipinski definition) is 3. The third-order valence-electron chi connectivity index (χ3n) is 3.07. The molecule has 1 unspecified atom stereocenters. The summed E-state index contributed by atoms with van der Waals surface area (Å²) in [6.45, 7) is 9.11. The molecule has 0 heterocycles. The molecule has 1 amide bonds. The maximum absolute atomic E-state index is 12.2. The fraction of sp³-hybridized carbons (Fsp3) is 0.500. The highest BCUT2D eigenvalue weighted by molar-refractivity contribution is 5.95. The fourth-order valence-corrected chi connectivity index (χ4v) is 2.01. The van der Waals surface area contributed by atoms with Crippen LogP contribution in [0.15, 0.2) is 24.3 Å². The minimum atomic E-state index is -0.249. The van der Waals surface area contributed by atoms with Gasteiger partial charge >= 0.3 is 0 Å². The number of likely N-dealkylation sites (N-methyl/N-ethyl adjacent to an activating group) is 1. The first kappa shape index (κ1) is 16.2. The molecule has 0 aliphatic heterocycles. The number of anilines is 1. The number of carbonyl (C=O) groups excluding carboxylic acids is 1. The molecule has 0 aliphatic rings. The Balaban J connectivity index is 2.74. The van der Waals surface area contributed by atoms with E-state index >= 15 is 0 Å². The van der Waals surface area contributed by atoms with Crippen molar-refractivity contribution in [2.75, 3.05) is 18.9 Å². The van der Waals surface area contributed by atoms with Gasteiger partial charge in [0.15, 0.2) is 0 Å². The number of nitrogens with one attached hydrogen (secondary N) is 1. The number of rotatable bonds is 4. The minimum absolute atomic E-state index is 0.0977. The quantitative estimate of drug-likeness (QED) is 0.917. The second-order valence-electron chi connectivity index (χ2n) is 6.30. The Labute approximate surface area is 121 Å². The van der Waals surface area contributed by atoms with Gasteiger partial charge in [0.05, 0.1) is 17.3 Å². The van der Waals surface area contributed by atoms with Crippen LogP contribution in [0.5, 0.6) is 0 Å². The van der Waals surface area contributed by atoms with Gasteiger partial charge in [-0.15, -0.1) is 0 Å². The third kappa shape index (κ3) is 4.67. The van der Waals surface area contributed by atoms with E-state index in [0.29, 0.717) is 11.3 Å². The lowest BCUT2D eigenvalue weighted by molar-refractivity contribution is -0.120. The minimum Gasteiger partial charge on any atom is -0.324 e. The van der Waals surface area contributed by atoms with Crippen molar-refractivity contribution in [3.63, 3.8) is 0 Å². The van der Waals surface area contributed by atoms with Gasteiger partial charge in [0, 0.05) is 6.54 Å². The molecule has 1 N–H and O–H groups in total. The van der Waals surface area contributed by atoms with Crippen LogP contribution in [-0.2, 0) is 4.79 Å². The van der Waals surface area contributed by atoms with Crippen molar-refractivity contribution in [2.24, 2.45) is 5.41 Å². The number of amides is 1. The second-order valence-corrected chi connectivity index (χ2v) is 6.30. The molecule has 1 aromatic rings. The van der Waals surface area contributed by atoms with Gasteiger partial charge in [0.1, 0.15) is 6.07 Å². The van der Waals surface area contributed by atoms with Crippen molar-refractivity contribution in [2.45, 2.75) is 33.7 Å². The first-order valence-corrected chi connectivity index (χ1v) is 6.75. The number of nitrogens with zero attached hydrogens (tertiary/aromatic N) is 2. The predicted octanol–water partition coefficient (Wildman–Crippen LogP) is 2.86. The lowest BCUT2D eigenvalue weighted by Crippen LogP contribution is -2.43. The van der Waals surface area contributed by atoms with Gasteiger partial charge < -0.3 is 5.32 Å². The zero-order valence-electron chi connectivity index (χ0n) is 12.9. The van der Waals surface area contributed by atoms with Crippen molar-refractivity contribution in [3.8, 4) is 6.07 Å². The van der Waals surface area contributed by atoms with Crippen LogP contribution in [0.25, 0.3) is 0 Å². The predicted molar refractivity (Wildman–Crippen MR) is 81.3 cm³/mol. The Morgan fingerprint density at radius 2 is 2.00 bits per heavy atom. The normalized spacial score (nSPS) is 12.8. The summed E-state index contributed by atoms with van der Waals surface area (Å²) < 4.78 is 0. The van der Waals surface area contributed by atoms with E-state index in [-0.39, 0.29) is 17.4 Å². The molecule has 108 valence electrons. The Kier molecular flexibility index (Phi) is 5.29. The van der Waals surface area contributed by atoms with Crippen LogP contribution < -0.4 is 5.32 Å². The molecule has 1 rings (SSSR count). The van der Waals surface area contributed by atoms with Crippen LogP contribution in [0.3, 0.4) is 0 Å². The number of benzene rings is 1. The highest BCUT2D eigenvalue weighted by Crippen LogP contribution is 2.17. The SMILES string of the molecule is CC(C(=O)Nc1ccccc1C#N)N(C)CC(C)(C)C. The van der Waals surface area contributed by atoms with Gasteiger partial charge in [-0.25, -0.2) is 0 Å². The van der Waals surface area contributed by atoms with Crippen LogP contribution in [0, 0.1) is 16.7 Å². The van der Waals surface area contributed by atoms with E-state index < -0.39 is 0 Å². The maximum Gasteiger partial charge on any atom is 0.241 e. The zero-order chi connectivity index (χ0) is 15.3. The molecular weight excluding hydrogens is 250 g/mol. The molecule has 1 atom stereocenters. The first-order valence-electron chi connectivity index (χ1n) is 6.75. The van der Waals surface area contributed by atoms with Crippen LogP contribution in [-0.4, -0.2) is 30.4 Å². The number of para-hydroxylation sites is 1. The summed E-state index contributed by atoms with van der Waals surface area (Å²) in [5.41, 5.74) is 1.18. The zero-order valence-corrected chi connectivity index (χ0v) is 12.9. The van der Waals surface area contributed by atoms with E-state index in [9.17, 15) is 4.79 Å². The summed E-state index contributed by atoms with van der Waals surface area (Å²) >= 11 is 0. The molecule has 4 heteroatoms. The summed E-state index contributed by atoms with van der Waals surface area (Å²) in [4.78, 5) is 14.3. The molecule has 0 spiro atoms. The van der Waals surface area contributed by atoms with E-state index in [4.69, 9.17) is 5.26 Å². The van der Waals surface area contributed by atoms with Gasteiger partial charge in [-0.3, -0.25) is 9.69 Å². The number of carbonyl (C=O) groups is 1. The van der Waals surface area contributed by atoms with Crippen molar-refractivity contribution in [1.82, 2.24) is 4.90 Å². The van der Waals surface area contributed by atoms with Crippen LogP contribution in [0.1, 0.15) is 33.3 Å². The van der Waals surface area contributed by atoms with Crippen molar-refractivity contribution < 1.29 is 4.79 Å². The van der Waals surface area contributed by atoms with Gasteiger partial charge in [0.2, 0.25) is 5.91 Å². The summed E-state index contributed by atoms with van der Waals surface area (Å²) in [6, 6.07) is 8.85. The number of nitriles is 1. The molecule has 0 radical (unpaired) electrons. The highest BCUT2D eigenvalue weighted by atomic mass is 16.2. The van der Waals surface area contributed by atoms with E-state index in [1.165, 1.54) is 0 Å². The summed E-state index contributed by atoms with van der Waals surface area (Å²) in [5.74, 6) is -0.0977.